The number of carbonyl (C=O) groups excluding carboxylic acids is 1. The van der Waals surface area contributed by atoms with Crippen LogP contribution >= 0.6 is 22.6 Å². The smallest absolute Gasteiger partial charge is 0.344 e. The van der Waals surface area contributed by atoms with Gasteiger partial charge in [-0.1, -0.05) is 0 Å². The summed E-state index contributed by atoms with van der Waals surface area (Å²) in [5, 5.41) is 0. The van der Waals surface area contributed by atoms with Gasteiger partial charge in [0.15, 0.2) is 12.6 Å². The number of benzene rings is 1. The number of carbonyl (C=O) groups is 1. The normalized spacial score (nSPS) is 13.7. The van der Waals surface area contributed by atoms with E-state index in [1.807, 2.05) is 6.07 Å². The Kier molecular flexibility index (Phi) is 6.53. The summed E-state index contributed by atoms with van der Waals surface area (Å²) >= 11 is 2.12. The van der Waals surface area contributed by atoms with Crippen LogP contribution in [0.25, 0.3) is 0 Å². The van der Waals surface area contributed by atoms with Crippen molar-refractivity contribution in [1.29, 1.82) is 0 Å². The molecule has 0 aliphatic heterocycles. The van der Waals surface area contributed by atoms with Gasteiger partial charge in [-0.2, -0.15) is 0 Å². The van der Waals surface area contributed by atoms with Gasteiger partial charge in [0.25, 0.3) is 0 Å². The molecule has 0 aliphatic carbocycles. The second kappa shape index (κ2) is 7.66. The van der Waals surface area contributed by atoms with Crippen LogP contribution in [0.5, 0.6) is 5.75 Å². The van der Waals surface area contributed by atoms with Crippen LogP contribution in [0.3, 0.4) is 0 Å². The Hall–Kier alpha value is -0.860. The Morgan fingerprint density at radius 1 is 1.16 bits per heavy atom. The predicted octanol–water partition coefficient (Wildman–Crippen LogP) is 2.81. The van der Waals surface area contributed by atoms with Gasteiger partial charge in [0, 0.05) is 17.8 Å². The zero-order valence-electron chi connectivity index (χ0n) is 11.3. The number of esters is 1. The first-order valence-corrected chi connectivity index (χ1v) is 6.78. The van der Waals surface area contributed by atoms with Crippen molar-refractivity contribution in [1.82, 2.24) is 0 Å². The molecule has 0 saturated heterocycles. The largest absolute Gasteiger partial charge is 0.464 e. The molecule has 0 N–H and O–H groups in total. The van der Waals surface area contributed by atoms with Crippen molar-refractivity contribution in [3.05, 3.63) is 27.3 Å². The summed E-state index contributed by atoms with van der Waals surface area (Å²) in [7, 11) is 3.00. The van der Waals surface area contributed by atoms with E-state index in [9.17, 15) is 4.79 Å². The highest BCUT2D eigenvalue weighted by atomic mass is 127. The average molecular weight is 380 g/mol. The molecule has 0 fully saturated rings. The number of rotatable bonds is 6. The Morgan fingerprint density at radius 2 is 1.79 bits per heavy atom. The van der Waals surface area contributed by atoms with Crippen molar-refractivity contribution in [2.45, 2.75) is 26.4 Å². The summed E-state index contributed by atoms with van der Waals surface area (Å²) < 4.78 is 21.5. The van der Waals surface area contributed by atoms with Crippen molar-refractivity contribution < 1.29 is 23.7 Å². The molecule has 106 valence electrons. The standard InChI is InChI=1S/C13H17IO5/c1-8(16-3)18-12-6-5-10(14)7-11(12)13(15)19-9(2)17-4/h5-9H,1-4H3. The van der Waals surface area contributed by atoms with E-state index in [0.29, 0.717) is 11.3 Å². The Labute approximate surface area is 126 Å². The average Bonchev–Trinajstić information content (AvgIpc) is 2.40. The fraction of sp³-hybridized carbons (Fsp3) is 0.462. The number of ether oxygens (including phenoxy) is 4. The topological polar surface area (TPSA) is 54.0 Å². The third-order valence-electron chi connectivity index (χ3n) is 2.39. The summed E-state index contributed by atoms with van der Waals surface area (Å²) in [5.41, 5.74) is 0.347. The molecule has 0 aromatic heterocycles. The van der Waals surface area contributed by atoms with Crippen LogP contribution in [0.4, 0.5) is 0 Å². The molecule has 1 aromatic carbocycles. The zero-order chi connectivity index (χ0) is 14.4. The number of halogens is 1. The Morgan fingerprint density at radius 3 is 2.37 bits per heavy atom. The molecular weight excluding hydrogens is 363 g/mol. The minimum atomic E-state index is -0.613. The zero-order valence-corrected chi connectivity index (χ0v) is 13.5. The van der Waals surface area contributed by atoms with E-state index in [1.54, 1.807) is 26.0 Å². The lowest BCUT2D eigenvalue weighted by molar-refractivity contribution is -0.0780. The lowest BCUT2D eigenvalue weighted by Gasteiger charge is -2.17. The van der Waals surface area contributed by atoms with Crippen LogP contribution in [-0.4, -0.2) is 32.8 Å². The van der Waals surface area contributed by atoms with Crippen molar-refractivity contribution in [2.75, 3.05) is 14.2 Å². The van der Waals surface area contributed by atoms with Crippen LogP contribution in [0.15, 0.2) is 18.2 Å². The van der Waals surface area contributed by atoms with Crippen molar-refractivity contribution in [3.8, 4) is 5.75 Å². The summed E-state index contributed by atoms with van der Waals surface area (Å²) in [6.45, 7) is 3.38. The number of methoxy groups -OCH3 is 2. The molecule has 0 aliphatic rings. The van der Waals surface area contributed by atoms with E-state index < -0.39 is 18.5 Å². The maximum atomic E-state index is 12.0. The maximum Gasteiger partial charge on any atom is 0.344 e. The van der Waals surface area contributed by atoms with Gasteiger partial charge in [-0.3, -0.25) is 0 Å². The third-order valence-corrected chi connectivity index (χ3v) is 3.06. The fourth-order valence-corrected chi connectivity index (χ4v) is 1.74. The molecule has 0 bridgehead atoms. The first-order valence-electron chi connectivity index (χ1n) is 5.70. The monoisotopic (exact) mass is 380 g/mol. The SMILES string of the molecule is COC(C)OC(=O)c1cc(I)ccc1OC(C)OC. The molecule has 19 heavy (non-hydrogen) atoms. The van der Waals surface area contributed by atoms with Gasteiger partial charge in [0.1, 0.15) is 11.3 Å². The highest BCUT2D eigenvalue weighted by Crippen LogP contribution is 2.24. The molecule has 0 amide bonds. The van der Waals surface area contributed by atoms with Gasteiger partial charge in [0.05, 0.1) is 0 Å². The lowest BCUT2D eigenvalue weighted by Crippen LogP contribution is -2.20. The van der Waals surface area contributed by atoms with Crippen LogP contribution in [0, 0.1) is 3.57 Å². The van der Waals surface area contributed by atoms with Gasteiger partial charge in [0.2, 0.25) is 0 Å². The summed E-state index contributed by atoms with van der Waals surface area (Å²) in [5.74, 6) is -0.0748. The molecule has 0 radical (unpaired) electrons. The first-order chi connectivity index (χ1) is 8.97. The minimum absolute atomic E-state index is 0.347. The van der Waals surface area contributed by atoms with E-state index in [0.717, 1.165) is 3.57 Å². The molecular formula is C13H17IO5. The molecule has 2 unspecified atom stereocenters. The summed E-state index contributed by atoms with van der Waals surface area (Å²) in [6, 6.07) is 5.25. The number of hydrogen-bond donors (Lipinski definition) is 0. The van der Waals surface area contributed by atoms with E-state index in [-0.39, 0.29) is 0 Å². The predicted molar refractivity (Wildman–Crippen MR) is 78.1 cm³/mol. The first kappa shape index (κ1) is 16.2. The highest BCUT2D eigenvalue weighted by Gasteiger charge is 2.18. The molecule has 0 saturated carbocycles. The molecule has 0 heterocycles. The van der Waals surface area contributed by atoms with Crippen LogP contribution in [-0.2, 0) is 14.2 Å². The van der Waals surface area contributed by atoms with Gasteiger partial charge in [-0.25, -0.2) is 4.79 Å². The van der Waals surface area contributed by atoms with Gasteiger partial charge >= 0.3 is 5.97 Å². The van der Waals surface area contributed by atoms with E-state index in [1.165, 1.54) is 14.2 Å². The molecule has 5 nitrogen and oxygen atoms in total. The maximum absolute atomic E-state index is 12.0. The van der Waals surface area contributed by atoms with Crippen molar-refractivity contribution in [2.24, 2.45) is 0 Å². The van der Waals surface area contributed by atoms with E-state index in [4.69, 9.17) is 18.9 Å². The van der Waals surface area contributed by atoms with Crippen LogP contribution in [0.2, 0.25) is 0 Å². The Balaban J connectivity index is 2.96. The molecule has 6 heteroatoms. The minimum Gasteiger partial charge on any atom is -0.464 e. The third kappa shape index (κ3) is 4.96. The quantitative estimate of drug-likeness (QED) is 0.432. The number of hydrogen-bond acceptors (Lipinski definition) is 5. The second-order valence-electron chi connectivity index (χ2n) is 3.77. The highest BCUT2D eigenvalue weighted by molar-refractivity contribution is 14.1. The van der Waals surface area contributed by atoms with Crippen LogP contribution < -0.4 is 4.74 Å². The molecule has 1 rings (SSSR count). The van der Waals surface area contributed by atoms with E-state index >= 15 is 0 Å². The second-order valence-corrected chi connectivity index (χ2v) is 5.02. The molecule has 1 aromatic rings. The summed E-state index contributed by atoms with van der Waals surface area (Å²) in [4.78, 5) is 12.0. The van der Waals surface area contributed by atoms with E-state index in [2.05, 4.69) is 22.6 Å². The van der Waals surface area contributed by atoms with Crippen molar-refractivity contribution >= 4 is 28.6 Å². The fourth-order valence-electron chi connectivity index (χ4n) is 1.25. The molecule has 2 atom stereocenters. The summed E-state index contributed by atoms with van der Waals surface area (Å²) in [6.07, 6.45) is -1.07. The van der Waals surface area contributed by atoms with Crippen LogP contribution in [0.1, 0.15) is 24.2 Å². The molecule has 0 spiro atoms. The Bertz CT molecular complexity index is 435. The van der Waals surface area contributed by atoms with Gasteiger partial charge in [-0.05, 0) is 54.6 Å². The lowest BCUT2D eigenvalue weighted by atomic mass is 10.2. The van der Waals surface area contributed by atoms with Gasteiger partial charge < -0.3 is 18.9 Å². The van der Waals surface area contributed by atoms with Gasteiger partial charge in [-0.15, -0.1) is 0 Å². The van der Waals surface area contributed by atoms with Crippen molar-refractivity contribution in [3.63, 3.8) is 0 Å².